The van der Waals surface area contributed by atoms with Crippen LogP contribution in [-0.4, -0.2) is 18.6 Å². The summed E-state index contributed by atoms with van der Waals surface area (Å²) in [6.45, 7) is 2.97. The minimum absolute atomic E-state index is 0.848. The smallest absolute Gasteiger partial charge is 0.216 e. The van der Waals surface area contributed by atoms with Gasteiger partial charge in [0.05, 0.1) is 0 Å². The molecule has 10 heavy (non-hydrogen) atoms. The standard InChI is InChI=1S/C5H9N3S2/c1-3-7-5-8-4(6-2)9-10-5/h3H2,1-2H3,(H,6,7,8). The number of rotatable bonds is 2. The zero-order chi connectivity index (χ0) is 7.40. The lowest BCUT2D eigenvalue weighted by Gasteiger charge is -1.90. The second kappa shape index (κ2) is 3.68. The maximum absolute atomic E-state index is 4.18. The Balaban J connectivity index is 2.79. The molecular weight excluding hydrogens is 166 g/mol. The lowest BCUT2D eigenvalue weighted by atomic mass is 10.8. The highest BCUT2D eigenvalue weighted by molar-refractivity contribution is 7.69. The summed E-state index contributed by atoms with van der Waals surface area (Å²) in [5, 5.41) is 4.09. The van der Waals surface area contributed by atoms with Gasteiger partial charge in [0.25, 0.3) is 0 Å². The molecule has 1 aromatic heterocycles. The predicted molar refractivity (Wildman–Crippen MR) is 45.6 cm³/mol. The van der Waals surface area contributed by atoms with Crippen LogP contribution in [0.1, 0.15) is 6.92 Å². The predicted octanol–water partition coefficient (Wildman–Crippen LogP) is 1.17. The third-order valence-electron chi connectivity index (χ3n) is 0.912. The van der Waals surface area contributed by atoms with Crippen molar-refractivity contribution in [3.63, 3.8) is 0 Å². The minimum Gasteiger partial charge on any atom is -0.361 e. The molecule has 1 N–H and O–H groups in total. The van der Waals surface area contributed by atoms with Crippen LogP contribution in [0, 0.1) is 0 Å². The molecule has 56 valence electrons. The fraction of sp³-hybridized carbons (Fsp3) is 0.600. The average molecular weight is 175 g/mol. The molecule has 0 radical (unpaired) electrons. The third-order valence-corrected chi connectivity index (χ3v) is 2.98. The quantitative estimate of drug-likeness (QED) is 0.685. The van der Waals surface area contributed by atoms with Crippen molar-refractivity contribution in [2.75, 3.05) is 18.9 Å². The van der Waals surface area contributed by atoms with Crippen LogP contribution in [-0.2, 0) is 0 Å². The molecule has 3 nitrogen and oxygen atoms in total. The number of anilines is 1. The van der Waals surface area contributed by atoms with Gasteiger partial charge in [0.1, 0.15) is 0 Å². The van der Waals surface area contributed by atoms with Gasteiger partial charge in [-0.2, -0.15) is 4.98 Å². The summed E-state index contributed by atoms with van der Waals surface area (Å²) in [6, 6.07) is 0. The number of hydrogen-bond acceptors (Lipinski definition) is 5. The van der Waals surface area contributed by atoms with Crippen LogP contribution >= 0.6 is 20.7 Å². The molecular formula is C5H9N3S2. The number of nitrogens with zero attached hydrogens (tertiary/aromatic N) is 2. The molecule has 0 aliphatic rings. The van der Waals surface area contributed by atoms with Gasteiger partial charge in [-0.1, -0.05) is 0 Å². The van der Waals surface area contributed by atoms with Crippen LogP contribution in [0.25, 0.3) is 0 Å². The molecule has 0 atom stereocenters. The van der Waals surface area contributed by atoms with Crippen molar-refractivity contribution in [3.05, 3.63) is 4.80 Å². The first-order valence-corrected chi connectivity index (χ1v) is 5.15. The zero-order valence-electron chi connectivity index (χ0n) is 5.92. The van der Waals surface area contributed by atoms with Gasteiger partial charge in [0.2, 0.25) is 4.80 Å². The largest absolute Gasteiger partial charge is 0.361 e. The monoisotopic (exact) mass is 175 g/mol. The Morgan fingerprint density at radius 2 is 2.40 bits per heavy atom. The first kappa shape index (κ1) is 7.68. The summed E-state index contributed by atoms with van der Waals surface area (Å²) < 4.78 is 0. The van der Waals surface area contributed by atoms with Gasteiger partial charge in [-0.25, -0.2) is 0 Å². The second-order valence-electron chi connectivity index (χ2n) is 1.62. The topological polar surface area (TPSA) is 37.3 Å². The van der Waals surface area contributed by atoms with E-state index < -0.39 is 0 Å². The Hall–Kier alpha value is -0.420. The van der Waals surface area contributed by atoms with Gasteiger partial charge in [-0.3, -0.25) is 4.99 Å². The maximum atomic E-state index is 4.18. The summed E-state index contributed by atoms with van der Waals surface area (Å²) >= 11 is 0. The van der Waals surface area contributed by atoms with Gasteiger partial charge in [0, 0.05) is 13.6 Å². The van der Waals surface area contributed by atoms with Crippen molar-refractivity contribution >= 4 is 25.8 Å². The molecule has 0 saturated carbocycles. The first-order chi connectivity index (χ1) is 4.86. The van der Waals surface area contributed by atoms with Gasteiger partial charge in [-0.15, -0.1) is 0 Å². The van der Waals surface area contributed by atoms with E-state index in [0.717, 1.165) is 16.5 Å². The Labute approximate surface area is 66.9 Å². The molecule has 0 fully saturated rings. The number of aromatic nitrogens is 1. The van der Waals surface area contributed by atoms with Crippen molar-refractivity contribution in [2.45, 2.75) is 6.92 Å². The normalized spacial score (nSPS) is 12.0. The Kier molecular flexibility index (Phi) is 2.82. The summed E-state index contributed by atoms with van der Waals surface area (Å²) in [4.78, 5) is 8.98. The Morgan fingerprint density at radius 3 is 2.90 bits per heavy atom. The highest BCUT2D eigenvalue weighted by Crippen LogP contribution is 2.11. The van der Waals surface area contributed by atoms with E-state index in [1.807, 2.05) is 0 Å². The van der Waals surface area contributed by atoms with Crippen molar-refractivity contribution in [3.8, 4) is 0 Å². The molecule has 0 aliphatic heterocycles. The van der Waals surface area contributed by atoms with Crippen molar-refractivity contribution < 1.29 is 0 Å². The highest BCUT2D eigenvalue weighted by Gasteiger charge is 1.92. The maximum Gasteiger partial charge on any atom is 0.216 e. The minimum atomic E-state index is 0.848. The van der Waals surface area contributed by atoms with Gasteiger partial charge in [-0.05, 0) is 27.6 Å². The van der Waals surface area contributed by atoms with Crippen LogP contribution < -0.4 is 10.1 Å². The molecule has 1 rings (SSSR count). The van der Waals surface area contributed by atoms with E-state index in [1.165, 1.54) is 0 Å². The van der Waals surface area contributed by atoms with E-state index in [0.29, 0.717) is 0 Å². The Bertz CT molecular complexity index is 249. The van der Waals surface area contributed by atoms with E-state index in [9.17, 15) is 0 Å². The molecule has 1 aromatic rings. The molecule has 5 heteroatoms. The summed E-state index contributed by atoms with van der Waals surface area (Å²) in [5.41, 5.74) is 0. The fourth-order valence-electron chi connectivity index (χ4n) is 0.508. The summed E-state index contributed by atoms with van der Waals surface area (Å²) in [5.74, 6) is 0. The molecule has 0 bridgehead atoms. The summed E-state index contributed by atoms with van der Waals surface area (Å²) in [6.07, 6.45) is 0. The van der Waals surface area contributed by atoms with Crippen LogP contribution in [0.15, 0.2) is 4.99 Å². The van der Waals surface area contributed by atoms with Crippen molar-refractivity contribution in [1.29, 1.82) is 0 Å². The molecule has 1 heterocycles. The molecule has 0 aromatic carbocycles. The lowest BCUT2D eigenvalue weighted by Crippen LogP contribution is -2.01. The van der Waals surface area contributed by atoms with Gasteiger partial charge in [0.15, 0.2) is 5.13 Å². The van der Waals surface area contributed by atoms with Gasteiger partial charge < -0.3 is 5.32 Å². The third kappa shape index (κ3) is 1.78. The van der Waals surface area contributed by atoms with E-state index >= 15 is 0 Å². The summed E-state index contributed by atoms with van der Waals surface area (Å²) in [7, 11) is 4.97. The molecule has 0 amide bonds. The van der Waals surface area contributed by atoms with Crippen LogP contribution in [0.5, 0.6) is 0 Å². The Morgan fingerprint density at radius 1 is 1.60 bits per heavy atom. The van der Waals surface area contributed by atoms with E-state index in [1.54, 1.807) is 27.7 Å². The van der Waals surface area contributed by atoms with Crippen molar-refractivity contribution in [2.24, 2.45) is 4.99 Å². The van der Waals surface area contributed by atoms with Gasteiger partial charge >= 0.3 is 0 Å². The lowest BCUT2D eigenvalue weighted by molar-refractivity contribution is 1.14. The SMILES string of the molecule is CCNc1nc(=NC)ss1. The van der Waals surface area contributed by atoms with E-state index in [2.05, 4.69) is 22.2 Å². The molecule has 0 saturated heterocycles. The average Bonchev–Trinajstić information content (AvgIpc) is 2.37. The van der Waals surface area contributed by atoms with Crippen LogP contribution in [0.3, 0.4) is 0 Å². The highest BCUT2D eigenvalue weighted by atomic mass is 32.9. The first-order valence-electron chi connectivity index (χ1n) is 3.00. The van der Waals surface area contributed by atoms with Crippen LogP contribution in [0.2, 0.25) is 0 Å². The molecule has 0 aliphatic carbocycles. The van der Waals surface area contributed by atoms with Crippen molar-refractivity contribution in [1.82, 2.24) is 4.98 Å². The number of hydrogen-bond donors (Lipinski definition) is 1. The van der Waals surface area contributed by atoms with E-state index in [4.69, 9.17) is 0 Å². The zero-order valence-corrected chi connectivity index (χ0v) is 7.55. The van der Waals surface area contributed by atoms with Crippen LogP contribution in [0.4, 0.5) is 5.13 Å². The number of nitrogens with one attached hydrogen (secondary N) is 1. The fourth-order valence-corrected chi connectivity index (χ4v) is 2.33. The van der Waals surface area contributed by atoms with E-state index in [-0.39, 0.29) is 0 Å². The second-order valence-corrected chi connectivity index (χ2v) is 3.71. The molecule has 0 spiro atoms. The molecule has 0 unspecified atom stereocenters.